The fourth-order valence-electron chi connectivity index (χ4n) is 1.22. The molecular formula is C10H23NO. The van der Waals surface area contributed by atoms with Crippen molar-refractivity contribution in [1.82, 2.24) is 5.32 Å². The van der Waals surface area contributed by atoms with E-state index in [0.717, 1.165) is 6.42 Å². The zero-order valence-electron chi connectivity index (χ0n) is 8.96. The number of hydrogen-bond acceptors (Lipinski definition) is 2. The van der Waals surface area contributed by atoms with E-state index in [9.17, 15) is 0 Å². The van der Waals surface area contributed by atoms with Crippen LogP contribution in [0, 0.1) is 5.92 Å². The van der Waals surface area contributed by atoms with Crippen LogP contribution in [0.5, 0.6) is 0 Å². The number of aliphatic hydroxyl groups is 1. The van der Waals surface area contributed by atoms with Crippen molar-refractivity contribution in [2.45, 2.75) is 59.2 Å². The van der Waals surface area contributed by atoms with Gasteiger partial charge in [0.1, 0.15) is 0 Å². The van der Waals surface area contributed by atoms with Gasteiger partial charge in [0.25, 0.3) is 0 Å². The van der Waals surface area contributed by atoms with E-state index < -0.39 is 0 Å². The Morgan fingerprint density at radius 2 is 1.58 bits per heavy atom. The number of aliphatic hydroxyl groups excluding tert-OH is 1. The highest BCUT2D eigenvalue weighted by atomic mass is 16.3. The Hall–Kier alpha value is -0.0800. The van der Waals surface area contributed by atoms with Crippen molar-refractivity contribution in [3.63, 3.8) is 0 Å². The van der Waals surface area contributed by atoms with E-state index in [-0.39, 0.29) is 6.10 Å². The van der Waals surface area contributed by atoms with Gasteiger partial charge in [0.15, 0.2) is 0 Å². The number of nitrogens with one attached hydrogen (secondary N) is 1. The molecule has 0 bridgehead atoms. The van der Waals surface area contributed by atoms with Crippen molar-refractivity contribution >= 4 is 0 Å². The Balaban J connectivity index is 3.61. The molecule has 0 heterocycles. The summed E-state index contributed by atoms with van der Waals surface area (Å²) in [5.74, 6) is 0.654. The third-order valence-electron chi connectivity index (χ3n) is 2.24. The second kappa shape index (κ2) is 5.55. The third-order valence-corrected chi connectivity index (χ3v) is 2.24. The molecule has 0 spiro atoms. The fraction of sp³-hybridized carbons (Fsp3) is 1.00. The quantitative estimate of drug-likeness (QED) is 0.664. The molecule has 0 amide bonds. The summed E-state index contributed by atoms with van der Waals surface area (Å²) in [4.78, 5) is 0. The first-order valence-electron chi connectivity index (χ1n) is 4.87. The van der Waals surface area contributed by atoms with E-state index in [1.54, 1.807) is 0 Å². The van der Waals surface area contributed by atoms with Gasteiger partial charge in [0, 0.05) is 12.1 Å². The highest BCUT2D eigenvalue weighted by molar-refractivity contribution is 4.71. The van der Waals surface area contributed by atoms with Crippen LogP contribution in [-0.2, 0) is 0 Å². The first kappa shape index (κ1) is 11.9. The molecule has 0 saturated heterocycles. The molecule has 0 aliphatic rings. The molecule has 0 fully saturated rings. The van der Waals surface area contributed by atoms with Gasteiger partial charge in [0.2, 0.25) is 0 Å². The van der Waals surface area contributed by atoms with Gasteiger partial charge in [-0.25, -0.2) is 0 Å². The summed E-state index contributed by atoms with van der Waals surface area (Å²) in [6, 6.07) is 0.932. The predicted molar refractivity (Wildman–Crippen MR) is 53.2 cm³/mol. The monoisotopic (exact) mass is 173 g/mol. The largest absolute Gasteiger partial charge is 0.393 e. The van der Waals surface area contributed by atoms with E-state index in [1.165, 1.54) is 0 Å². The molecule has 0 rings (SSSR count). The topological polar surface area (TPSA) is 32.3 Å². The smallest absolute Gasteiger partial charge is 0.0526 e. The molecule has 0 aromatic rings. The van der Waals surface area contributed by atoms with Crippen molar-refractivity contribution in [3.05, 3.63) is 0 Å². The van der Waals surface area contributed by atoms with Gasteiger partial charge >= 0.3 is 0 Å². The molecule has 74 valence electrons. The first-order valence-corrected chi connectivity index (χ1v) is 4.87. The average Bonchev–Trinajstić information content (AvgIpc) is 1.84. The minimum absolute atomic E-state index is 0.202. The van der Waals surface area contributed by atoms with Gasteiger partial charge in [0.05, 0.1) is 6.10 Å². The number of hydrogen-bond donors (Lipinski definition) is 2. The van der Waals surface area contributed by atoms with Crippen molar-refractivity contribution in [3.8, 4) is 0 Å². The molecule has 0 aromatic heterocycles. The van der Waals surface area contributed by atoms with E-state index in [1.807, 2.05) is 6.92 Å². The fourth-order valence-corrected chi connectivity index (χ4v) is 1.22. The predicted octanol–water partition coefficient (Wildman–Crippen LogP) is 1.78. The van der Waals surface area contributed by atoms with Crippen molar-refractivity contribution < 1.29 is 5.11 Å². The van der Waals surface area contributed by atoms with Crippen molar-refractivity contribution in [2.75, 3.05) is 0 Å². The van der Waals surface area contributed by atoms with Crippen LogP contribution in [0.1, 0.15) is 41.0 Å². The lowest BCUT2D eigenvalue weighted by molar-refractivity contribution is 0.166. The van der Waals surface area contributed by atoms with Crippen LogP contribution < -0.4 is 5.32 Å². The summed E-state index contributed by atoms with van der Waals surface area (Å²) >= 11 is 0. The molecule has 2 N–H and O–H groups in total. The van der Waals surface area contributed by atoms with Crippen LogP contribution in [0.3, 0.4) is 0 Å². The zero-order valence-corrected chi connectivity index (χ0v) is 8.96. The highest BCUT2D eigenvalue weighted by Gasteiger charge is 2.11. The molecule has 12 heavy (non-hydrogen) atoms. The molecule has 2 nitrogen and oxygen atoms in total. The second-order valence-electron chi connectivity index (χ2n) is 4.19. The van der Waals surface area contributed by atoms with Crippen LogP contribution in [-0.4, -0.2) is 23.3 Å². The summed E-state index contributed by atoms with van der Waals surface area (Å²) in [7, 11) is 0. The van der Waals surface area contributed by atoms with Gasteiger partial charge in [-0.05, 0) is 33.1 Å². The Morgan fingerprint density at radius 3 is 1.92 bits per heavy atom. The standard InChI is InChI=1S/C10H23NO/c1-7(2)10(5)11-8(3)6-9(4)12/h7-12H,6H2,1-5H3. The molecular weight excluding hydrogens is 150 g/mol. The Labute approximate surface area is 76.4 Å². The molecule has 0 radical (unpaired) electrons. The summed E-state index contributed by atoms with van der Waals surface area (Å²) in [6.45, 7) is 10.5. The molecule has 0 aliphatic carbocycles. The maximum absolute atomic E-state index is 9.13. The van der Waals surface area contributed by atoms with Gasteiger partial charge in [-0.2, -0.15) is 0 Å². The van der Waals surface area contributed by atoms with E-state index in [0.29, 0.717) is 18.0 Å². The minimum atomic E-state index is -0.202. The van der Waals surface area contributed by atoms with Gasteiger partial charge < -0.3 is 10.4 Å². The highest BCUT2D eigenvalue weighted by Crippen LogP contribution is 2.04. The lowest BCUT2D eigenvalue weighted by Crippen LogP contribution is -2.39. The summed E-state index contributed by atoms with van der Waals surface area (Å²) < 4.78 is 0. The molecule has 2 heteroatoms. The molecule has 0 saturated carbocycles. The second-order valence-corrected chi connectivity index (χ2v) is 4.19. The molecule has 0 aliphatic heterocycles. The minimum Gasteiger partial charge on any atom is -0.393 e. The molecule has 0 aromatic carbocycles. The third kappa shape index (κ3) is 5.56. The first-order chi connectivity index (χ1) is 5.43. The Bertz CT molecular complexity index is 112. The summed E-state index contributed by atoms with van der Waals surface area (Å²) in [5, 5.41) is 12.6. The normalized spacial score (nSPS) is 19.2. The van der Waals surface area contributed by atoms with Crippen LogP contribution in [0.4, 0.5) is 0 Å². The maximum atomic E-state index is 9.13. The van der Waals surface area contributed by atoms with Crippen LogP contribution in [0.25, 0.3) is 0 Å². The Morgan fingerprint density at radius 1 is 1.08 bits per heavy atom. The maximum Gasteiger partial charge on any atom is 0.0526 e. The lowest BCUT2D eigenvalue weighted by atomic mass is 10.0. The average molecular weight is 173 g/mol. The summed E-state index contributed by atoms with van der Waals surface area (Å²) in [5.41, 5.74) is 0. The van der Waals surface area contributed by atoms with Crippen LogP contribution >= 0.6 is 0 Å². The lowest BCUT2D eigenvalue weighted by Gasteiger charge is -2.23. The Kier molecular flexibility index (Phi) is 5.51. The van der Waals surface area contributed by atoms with Crippen LogP contribution in [0.2, 0.25) is 0 Å². The zero-order chi connectivity index (χ0) is 9.72. The van der Waals surface area contributed by atoms with Gasteiger partial charge in [-0.3, -0.25) is 0 Å². The van der Waals surface area contributed by atoms with Crippen LogP contribution in [0.15, 0.2) is 0 Å². The molecule has 3 atom stereocenters. The SMILES string of the molecule is CC(O)CC(C)NC(C)C(C)C. The van der Waals surface area contributed by atoms with E-state index in [4.69, 9.17) is 5.11 Å². The van der Waals surface area contributed by atoms with E-state index in [2.05, 4.69) is 33.0 Å². The van der Waals surface area contributed by atoms with Crippen molar-refractivity contribution in [2.24, 2.45) is 5.92 Å². The van der Waals surface area contributed by atoms with E-state index >= 15 is 0 Å². The number of rotatable bonds is 5. The van der Waals surface area contributed by atoms with Gasteiger partial charge in [-0.1, -0.05) is 13.8 Å². The van der Waals surface area contributed by atoms with Crippen molar-refractivity contribution in [1.29, 1.82) is 0 Å². The summed E-state index contributed by atoms with van der Waals surface area (Å²) in [6.07, 6.45) is 0.628. The molecule has 3 unspecified atom stereocenters. The van der Waals surface area contributed by atoms with Gasteiger partial charge in [-0.15, -0.1) is 0 Å².